The van der Waals surface area contributed by atoms with Crippen molar-refractivity contribution in [1.82, 2.24) is 15.3 Å². The number of carbonyl (C=O) groups is 1. The Morgan fingerprint density at radius 1 is 1.20 bits per heavy atom. The molecule has 138 valence electrons. The van der Waals surface area contributed by atoms with E-state index in [9.17, 15) is 4.79 Å². The molecule has 1 aromatic carbocycles. The van der Waals surface area contributed by atoms with E-state index in [0.717, 1.165) is 32.5 Å². The lowest BCUT2D eigenvalue weighted by Gasteiger charge is -2.32. The zero-order valence-electron chi connectivity index (χ0n) is 15.4. The van der Waals surface area contributed by atoms with Crippen LogP contribution in [-0.2, 0) is 0 Å². The molecule has 1 amide bonds. The molecular formula is C20H31N3O2. The molecule has 2 heterocycles. The number of carbonyl (C=O) groups excluding carboxylic acids is 1. The third-order valence-electron chi connectivity index (χ3n) is 5.19. The normalized spacial score (nSPS) is 22.5. The van der Waals surface area contributed by atoms with Crippen molar-refractivity contribution >= 4 is 6.09 Å². The Morgan fingerprint density at radius 3 is 2.84 bits per heavy atom. The highest BCUT2D eigenvalue weighted by atomic mass is 16.6. The zero-order valence-corrected chi connectivity index (χ0v) is 15.4. The number of likely N-dealkylation sites (tertiary alicyclic amines) is 1. The van der Waals surface area contributed by atoms with Crippen LogP contribution in [-0.4, -0.2) is 48.7 Å². The molecule has 3 rings (SSSR count). The summed E-state index contributed by atoms with van der Waals surface area (Å²) in [6.07, 6.45) is 6.78. The van der Waals surface area contributed by atoms with E-state index in [4.69, 9.17) is 4.74 Å². The number of rotatable bonds is 5. The summed E-state index contributed by atoms with van der Waals surface area (Å²) in [6, 6.07) is 8.06. The van der Waals surface area contributed by atoms with Crippen LogP contribution in [0.1, 0.15) is 56.9 Å². The number of nitrogens with zero attached hydrogens (tertiary/aromatic N) is 2. The molecule has 0 aromatic heterocycles. The topological polar surface area (TPSA) is 44.8 Å². The number of amides is 1. The third kappa shape index (κ3) is 5.44. The lowest BCUT2D eigenvalue weighted by Crippen LogP contribution is -2.46. The molecule has 2 aliphatic heterocycles. The predicted molar refractivity (Wildman–Crippen MR) is 99.7 cm³/mol. The largest absolute Gasteiger partial charge is 0.427 e. The first-order valence-electron chi connectivity index (χ1n) is 9.80. The Morgan fingerprint density at radius 2 is 2.04 bits per heavy atom. The number of hydrogen-bond donors (Lipinski definition) is 1. The molecule has 2 aliphatic rings. The molecule has 0 bridgehead atoms. The van der Waals surface area contributed by atoms with E-state index in [1.165, 1.54) is 44.3 Å². The molecular weight excluding hydrogens is 314 g/mol. The summed E-state index contributed by atoms with van der Waals surface area (Å²) in [4.78, 5) is 14.7. The number of hydrazine groups is 1. The molecule has 0 radical (unpaired) electrons. The molecule has 25 heavy (non-hydrogen) atoms. The summed E-state index contributed by atoms with van der Waals surface area (Å²) in [6.45, 7) is 7.54. The van der Waals surface area contributed by atoms with E-state index < -0.39 is 0 Å². The molecule has 1 atom stereocenters. The van der Waals surface area contributed by atoms with Gasteiger partial charge in [0.25, 0.3) is 0 Å². The van der Waals surface area contributed by atoms with E-state index >= 15 is 0 Å². The van der Waals surface area contributed by atoms with Gasteiger partial charge in [-0.25, -0.2) is 9.80 Å². The fourth-order valence-corrected chi connectivity index (χ4v) is 3.94. The van der Waals surface area contributed by atoms with Gasteiger partial charge in [-0.15, -0.1) is 0 Å². The molecule has 0 saturated carbocycles. The first-order chi connectivity index (χ1) is 12.2. The number of ether oxygens (including phenoxy) is 1. The van der Waals surface area contributed by atoms with Gasteiger partial charge < -0.3 is 9.64 Å². The Hall–Kier alpha value is -1.59. The first kappa shape index (κ1) is 18.2. The van der Waals surface area contributed by atoms with E-state index in [0.29, 0.717) is 11.7 Å². The maximum Gasteiger partial charge on any atom is 0.427 e. The molecule has 2 saturated heterocycles. The minimum absolute atomic E-state index is 0.379. The van der Waals surface area contributed by atoms with E-state index in [-0.39, 0.29) is 6.09 Å². The number of piperidine rings is 2. The van der Waals surface area contributed by atoms with Crippen LogP contribution >= 0.6 is 0 Å². The minimum atomic E-state index is -0.379. The second-order valence-corrected chi connectivity index (χ2v) is 7.26. The molecule has 0 spiro atoms. The van der Waals surface area contributed by atoms with E-state index in [1.54, 1.807) is 0 Å². The summed E-state index contributed by atoms with van der Waals surface area (Å²) < 4.78 is 5.52. The summed E-state index contributed by atoms with van der Waals surface area (Å²) >= 11 is 0. The van der Waals surface area contributed by atoms with Crippen LogP contribution in [0.2, 0.25) is 0 Å². The fraction of sp³-hybridized carbons (Fsp3) is 0.650. The monoisotopic (exact) mass is 345 g/mol. The van der Waals surface area contributed by atoms with Gasteiger partial charge in [-0.1, -0.05) is 25.5 Å². The number of hydrogen-bond acceptors (Lipinski definition) is 4. The standard InChI is InChI=1S/C20H31N3O2/c1-2-11-22-12-7-9-18(16-22)17-8-6-10-19(15-17)25-20(24)21-23-13-4-3-5-14-23/h6,8,10,15,18H,2-5,7,9,11-14,16H2,1H3,(H,21,24). The van der Waals surface area contributed by atoms with Gasteiger partial charge in [0.1, 0.15) is 5.75 Å². The van der Waals surface area contributed by atoms with Gasteiger partial charge >= 0.3 is 6.09 Å². The molecule has 1 N–H and O–H groups in total. The summed E-state index contributed by atoms with van der Waals surface area (Å²) in [5.41, 5.74) is 4.14. The highest BCUT2D eigenvalue weighted by molar-refractivity contribution is 5.69. The molecule has 0 aliphatic carbocycles. The van der Waals surface area contributed by atoms with Crippen LogP contribution < -0.4 is 10.2 Å². The fourth-order valence-electron chi connectivity index (χ4n) is 3.94. The van der Waals surface area contributed by atoms with Crippen LogP contribution in [0.5, 0.6) is 5.75 Å². The number of nitrogens with one attached hydrogen (secondary N) is 1. The van der Waals surface area contributed by atoms with Gasteiger partial charge in [0.2, 0.25) is 0 Å². The molecule has 1 unspecified atom stereocenters. The quantitative estimate of drug-likeness (QED) is 0.882. The maximum atomic E-state index is 12.1. The summed E-state index contributed by atoms with van der Waals surface area (Å²) in [5.74, 6) is 1.17. The van der Waals surface area contributed by atoms with Crippen LogP contribution in [0.15, 0.2) is 24.3 Å². The van der Waals surface area contributed by atoms with Crippen molar-refractivity contribution in [2.75, 3.05) is 32.7 Å². The second-order valence-electron chi connectivity index (χ2n) is 7.26. The average Bonchev–Trinajstić information content (AvgIpc) is 2.63. The summed E-state index contributed by atoms with van der Waals surface area (Å²) in [5, 5.41) is 1.96. The minimum Gasteiger partial charge on any atom is -0.409 e. The SMILES string of the molecule is CCCN1CCCC(c2cccc(OC(=O)NN3CCCCC3)c2)C1. The Bertz CT molecular complexity index is 556. The highest BCUT2D eigenvalue weighted by Crippen LogP contribution is 2.29. The summed E-state index contributed by atoms with van der Waals surface area (Å²) in [7, 11) is 0. The lowest BCUT2D eigenvalue weighted by atomic mass is 9.90. The van der Waals surface area contributed by atoms with Crippen LogP contribution in [0.25, 0.3) is 0 Å². The van der Waals surface area contributed by atoms with Crippen molar-refractivity contribution in [1.29, 1.82) is 0 Å². The Kier molecular flexibility index (Phi) is 6.70. The third-order valence-corrected chi connectivity index (χ3v) is 5.19. The van der Waals surface area contributed by atoms with Gasteiger partial charge in [0.05, 0.1) is 0 Å². The Balaban J connectivity index is 1.56. The van der Waals surface area contributed by atoms with Gasteiger partial charge in [-0.05, 0) is 68.8 Å². The van der Waals surface area contributed by atoms with Crippen molar-refractivity contribution in [2.45, 2.75) is 51.4 Å². The molecule has 5 heteroatoms. The number of benzene rings is 1. The van der Waals surface area contributed by atoms with Crippen LogP contribution in [0.3, 0.4) is 0 Å². The predicted octanol–water partition coefficient (Wildman–Crippen LogP) is 3.77. The second kappa shape index (κ2) is 9.20. The van der Waals surface area contributed by atoms with Crippen molar-refractivity contribution in [3.63, 3.8) is 0 Å². The highest BCUT2D eigenvalue weighted by Gasteiger charge is 2.21. The van der Waals surface area contributed by atoms with Crippen molar-refractivity contribution in [3.05, 3.63) is 29.8 Å². The van der Waals surface area contributed by atoms with Crippen molar-refractivity contribution in [2.24, 2.45) is 0 Å². The van der Waals surface area contributed by atoms with Gasteiger partial charge in [-0.2, -0.15) is 0 Å². The van der Waals surface area contributed by atoms with Gasteiger partial charge in [-0.3, -0.25) is 5.43 Å². The van der Waals surface area contributed by atoms with Gasteiger partial charge in [0.15, 0.2) is 0 Å². The lowest BCUT2D eigenvalue weighted by molar-refractivity contribution is 0.129. The molecule has 1 aromatic rings. The van der Waals surface area contributed by atoms with Gasteiger partial charge in [0, 0.05) is 19.6 Å². The molecule has 5 nitrogen and oxygen atoms in total. The zero-order chi connectivity index (χ0) is 17.5. The van der Waals surface area contributed by atoms with Crippen LogP contribution in [0.4, 0.5) is 4.79 Å². The van der Waals surface area contributed by atoms with E-state index in [2.05, 4.69) is 23.3 Å². The van der Waals surface area contributed by atoms with E-state index in [1.807, 2.05) is 23.2 Å². The molecule has 2 fully saturated rings. The average molecular weight is 345 g/mol. The maximum absolute atomic E-state index is 12.1. The first-order valence-corrected chi connectivity index (χ1v) is 9.80. The van der Waals surface area contributed by atoms with Crippen LogP contribution in [0, 0.1) is 0 Å². The van der Waals surface area contributed by atoms with Crippen molar-refractivity contribution < 1.29 is 9.53 Å². The Labute approximate surface area is 151 Å². The smallest absolute Gasteiger partial charge is 0.409 e. The van der Waals surface area contributed by atoms with Crippen molar-refractivity contribution in [3.8, 4) is 5.75 Å².